The van der Waals surface area contributed by atoms with Crippen molar-refractivity contribution in [2.24, 2.45) is 0 Å². The lowest BCUT2D eigenvalue weighted by Gasteiger charge is -2.13. The van der Waals surface area contributed by atoms with Crippen molar-refractivity contribution in [3.05, 3.63) is 65.6 Å². The van der Waals surface area contributed by atoms with Crippen LogP contribution in [0.2, 0.25) is 0 Å². The molecule has 0 aliphatic carbocycles. The fourth-order valence-corrected chi connectivity index (χ4v) is 2.79. The summed E-state index contributed by atoms with van der Waals surface area (Å²) >= 11 is 0. The standard InChI is InChI=1S/C21H25N5O3/c1-15-12-16(2)26(25-15)20-9-8-17(13-22-20)14-23-21(27)24-18-6-4-5-7-19(18)29-11-10-28-3/h4-9,12-13H,10-11,14H2,1-3H3,(H2,23,24,27). The minimum atomic E-state index is -0.324. The largest absolute Gasteiger partial charge is 0.489 e. The molecule has 8 nitrogen and oxygen atoms in total. The van der Waals surface area contributed by atoms with Crippen molar-refractivity contribution in [1.29, 1.82) is 0 Å². The highest BCUT2D eigenvalue weighted by Crippen LogP contribution is 2.23. The van der Waals surface area contributed by atoms with Gasteiger partial charge in [-0.15, -0.1) is 0 Å². The van der Waals surface area contributed by atoms with E-state index < -0.39 is 0 Å². The number of anilines is 1. The topological polar surface area (TPSA) is 90.3 Å². The first-order valence-corrected chi connectivity index (χ1v) is 9.31. The van der Waals surface area contributed by atoms with Crippen LogP contribution in [0.25, 0.3) is 5.82 Å². The first kappa shape index (κ1) is 20.3. The smallest absolute Gasteiger partial charge is 0.319 e. The SMILES string of the molecule is COCCOc1ccccc1NC(=O)NCc1ccc(-n2nc(C)cc2C)nc1. The van der Waals surface area contributed by atoms with Crippen LogP contribution in [0.5, 0.6) is 5.75 Å². The zero-order valence-corrected chi connectivity index (χ0v) is 16.8. The predicted octanol–water partition coefficient (Wildman–Crippen LogP) is 3.23. The highest BCUT2D eigenvalue weighted by atomic mass is 16.5. The van der Waals surface area contributed by atoms with Crippen molar-refractivity contribution in [2.75, 3.05) is 25.6 Å². The van der Waals surface area contributed by atoms with Crippen molar-refractivity contribution in [1.82, 2.24) is 20.1 Å². The Morgan fingerprint density at radius 3 is 2.66 bits per heavy atom. The summed E-state index contributed by atoms with van der Waals surface area (Å²) in [7, 11) is 1.61. The number of benzene rings is 1. The summed E-state index contributed by atoms with van der Waals surface area (Å²) in [4.78, 5) is 16.7. The van der Waals surface area contributed by atoms with Crippen LogP contribution in [0, 0.1) is 13.8 Å². The molecular weight excluding hydrogens is 370 g/mol. The molecule has 2 heterocycles. The summed E-state index contributed by atoms with van der Waals surface area (Å²) < 4.78 is 12.4. The number of amides is 2. The second-order valence-corrected chi connectivity index (χ2v) is 6.51. The van der Waals surface area contributed by atoms with Crippen molar-refractivity contribution in [3.63, 3.8) is 0 Å². The highest BCUT2D eigenvalue weighted by Gasteiger charge is 2.08. The van der Waals surface area contributed by atoms with E-state index in [2.05, 4.69) is 20.7 Å². The summed E-state index contributed by atoms with van der Waals surface area (Å²) in [5, 5.41) is 10.0. The summed E-state index contributed by atoms with van der Waals surface area (Å²) in [5.41, 5.74) is 3.44. The maximum absolute atomic E-state index is 12.3. The normalized spacial score (nSPS) is 10.6. The molecule has 3 rings (SSSR count). The van der Waals surface area contributed by atoms with Crippen LogP contribution in [0.1, 0.15) is 17.0 Å². The number of methoxy groups -OCH3 is 1. The van der Waals surface area contributed by atoms with Gasteiger partial charge in [-0.2, -0.15) is 5.10 Å². The van der Waals surface area contributed by atoms with Gasteiger partial charge in [0.2, 0.25) is 0 Å². The molecule has 0 aliphatic heterocycles. The Labute approximate surface area is 169 Å². The second-order valence-electron chi connectivity index (χ2n) is 6.51. The van der Waals surface area contributed by atoms with Gasteiger partial charge in [0.05, 0.1) is 18.0 Å². The van der Waals surface area contributed by atoms with Gasteiger partial charge in [-0.1, -0.05) is 18.2 Å². The number of nitrogens with zero attached hydrogens (tertiary/aromatic N) is 3. The van der Waals surface area contributed by atoms with Crippen LogP contribution in [0.3, 0.4) is 0 Å². The lowest BCUT2D eigenvalue weighted by atomic mass is 10.3. The molecule has 1 aromatic carbocycles. The summed E-state index contributed by atoms with van der Waals surface area (Å²) in [6.07, 6.45) is 1.73. The Balaban J connectivity index is 1.55. The summed E-state index contributed by atoms with van der Waals surface area (Å²) in [6, 6.07) is 12.7. The van der Waals surface area contributed by atoms with E-state index in [1.54, 1.807) is 30.1 Å². The molecule has 3 aromatic rings. The van der Waals surface area contributed by atoms with Gasteiger partial charge in [0, 0.05) is 25.5 Å². The molecule has 0 atom stereocenters. The van der Waals surface area contributed by atoms with E-state index in [1.165, 1.54) is 0 Å². The molecule has 0 spiro atoms. The Morgan fingerprint density at radius 1 is 1.14 bits per heavy atom. The van der Waals surface area contributed by atoms with Gasteiger partial charge in [-0.05, 0) is 43.7 Å². The molecule has 0 unspecified atom stereocenters. The zero-order chi connectivity index (χ0) is 20.6. The van der Waals surface area contributed by atoms with Crippen LogP contribution in [0.15, 0.2) is 48.7 Å². The Kier molecular flexibility index (Phi) is 6.80. The molecule has 0 fully saturated rings. The van der Waals surface area contributed by atoms with E-state index in [0.29, 0.717) is 31.2 Å². The lowest BCUT2D eigenvalue weighted by Crippen LogP contribution is -2.28. The third-order valence-corrected chi connectivity index (χ3v) is 4.17. The lowest BCUT2D eigenvalue weighted by molar-refractivity contribution is 0.146. The molecule has 2 amide bonds. The van der Waals surface area contributed by atoms with Crippen LogP contribution < -0.4 is 15.4 Å². The molecular formula is C21H25N5O3. The molecule has 29 heavy (non-hydrogen) atoms. The number of pyridine rings is 1. The summed E-state index contributed by atoms with van der Waals surface area (Å²) in [5.74, 6) is 1.33. The number of para-hydroxylation sites is 2. The maximum Gasteiger partial charge on any atom is 0.319 e. The van der Waals surface area contributed by atoms with Gasteiger partial charge < -0.3 is 20.1 Å². The Hall–Kier alpha value is -3.39. The zero-order valence-electron chi connectivity index (χ0n) is 16.8. The Bertz CT molecular complexity index is 953. The number of nitrogens with one attached hydrogen (secondary N) is 2. The minimum absolute atomic E-state index is 0.324. The number of hydrogen-bond donors (Lipinski definition) is 2. The molecule has 8 heteroatoms. The number of rotatable bonds is 8. The van der Waals surface area contributed by atoms with E-state index >= 15 is 0 Å². The minimum Gasteiger partial charge on any atom is -0.489 e. The number of hydrogen-bond acceptors (Lipinski definition) is 5. The van der Waals surface area contributed by atoms with Crippen LogP contribution in [-0.2, 0) is 11.3 Å². The molecule has 152 valence electrons. The molecule has 2 aromatic heterocycles. The van der Waals surface area contributed by atoms with Gasteiger partial charge in [-0.25, -0.2) is 14.5 Å². The van der Waals surface area contributed by atoms with E-state index in [-0.39, 0.29) is 6.03 Å². The first-order chi connectivity index (χ1) is 14.1. The third kappa shape index (κ3) is 5.55. The van der Waals surface area contributed by atoms with Gasteiger partial charge >= 0.3 is 6.03 Å². The maximum atomic E-state index is 12.3. The third-order valence-electron chi connectivity index (χ3n) is 4.17. The average Bonchev–Trinajstić information content (AvgIpc) is 3.06. The van der Waals surface area contributed by atoms with Crippen LogP contribution in [-0.4, -0.2) is 41.1 Å². The average molecular weight is 395 g/mol. The van der Waals surface area contributed by atoms with Crippen molar-refractivity contribution >= 4 is 11.7 Å². The number of ether oxygens (including phenoxy) is 2. The predicted molar refractivity (Wildman–Crippen MR) is 111 cm³/mol. The van der Waals surface area contributed by atoms with Crippen molar-refractivity contribution in [3.8, 4) is 11.6 Å². The number of carbonyl (C=O) groups excluding carboxylic acids is 1. The quantitative estimate of drug-likeness (QED) is 0.572. The fourth-order valence-electron chi connectivity index (χ4n) is 2.79. The van der Waals surface area contributed by atoms with Gasteiger partial charge in [0.25, 0.3) is 0 Å². The van der Waals surface area contributed by atoms with Crippen LogP contribution >= 0.6 is 0 Å². The van der Waals surface area contributed by atoms with E-state index in [9.17, 15) is 4.79 Å². The summed E-state index contributed by atoms with van der Waals surface area (Å²) in [6.45, 7) is 5.16. The number of aryl methyl sites for hydroxylation is 2. The highest BCUT2D eigenvalue weighted by molar-refractivity contribution is 5.90. The van der Waals surface area contributed by atoms with Gasteiger partial charge in [-0.3, -0.25) is 0 Å². The fraction of sp³-hybridized carbons (Fsp3) is 0.286. The van der Waals surface area contributed by atoms with Gasteiger partial charge in [0.1, 0.15) is 12.4 Å². The molecule has 0 radical (unpaired) electrons. The van der Waals surface area contributed by atoms with Crippen molar-refractivity contribution in [2.45, 2.75) is 20.4 Å². The van der Waals surface area contributed by atoms with Crippen molar-refractivity contribution < 1.29 is 14.3 Å². The molecule has 0 bridgehead atoms. The van der Waals surface area contributed by atoms with E-state index in [0.717, 1.165) is 22.8 Å². The number of urea groups is 1. The number of carbonyl (C=O) groups is 1. The van der Waals surface area contributed by atoms with Gasteiger partial charge in [0.15, 0.2) is 5.82 Å². The molecule has 0 saturated heterocycles. The molecule has 2 N–H and O–H groups in total. The Morgan fingerprint density at radius 2 is 1.97 bits per heavy atom. The first-order valence-electron chi connectivity index (χ1n) is 9.31. The second kappa shape index (κ2) is 9.70. The number of aromatic nitrogens is 3. The van der Waals surface area contributed by atoms with E-state index in [1.807, 2.05) is 44.2 Å². The van der Waals surface area contributed by atoms with Crippen LogP contribution in [0.4, 0.5) is 10.5 Å². The molecule has 0 aliphatic rings. The molecule has 0 saturated carbocycles. The van der Waals surface area contributed by atoms with E-state index in [4.69, 9.17) is 9.47 Å². The monoisotopic (exact) mass is 395 g/mol.